The zero-order valence-corrected chi connectivity index (χ0v) is 23.6. The second kappa shape index (κ2) is 11.2. The topological polar surface area (TPSA) is 61.9 Å². The van der Waals surface area contributed by atoms with Crippen molar-refractivity contribution in [2.24, 2.45) is 12.1 Å². The number of hydrogen-bond donors (Lipinski definition) is 0. The molecule has 4 aromatic rings. The number of benzene rings is 3. The number of likely N-dealkylation sites (N-methyl/N-ethyl adjacent to an activating group) is 1. The molecule has 8 nitrogen and oxygen atoms in total. The largest absolute Gasteiger partial charge is 0.347 e. The van der Waals surface area contributed by atoms with Gasteiger partial charge in [0.1, 0.15) is 0 Å². The van der Waals surface area contributed by atoms with Crippen molar-refractivity contribution >= 4 is 11.7 Å². The lowest BCUT2D eigenvalue weighted by atomic mass is 9.90. The molecule has 1 saturated heterocycles. The standard InChI is InChI=1S/C32H37N7O/c1-24-9-15-28(16-10-24)30-29(27-7-5-4-6-8-27)23-38(33-30)31-34-39(32(40)36(31)3)22-26-13-11-25(12-14-26)21-37-19-17-35(2)18-20-37/h4-16,29H,17-23H2,1-3H3/t29-/m0/s1. The number of aryl methyl sites for hydroxylation is 1. The van der Waals surface area contributed by atoms with E-state index in [1.165, 1.54) is 16.7 Å². The quantitative estimate of drug-likeness (QED) is 0.361. The molecule has 0 saturated carbocycles. The van der Waals surface area contributed by atoms with Gasteiger partial charge in [-0.25, -0.2) is 14.5 Å². The minimum Gasteiger partial charge on any atom is -0.304 e. The highest BCUT2D eigenvalue weighted by Crippen LogP contribution is 2.31. The average molecular weight is 536 g/mol. The maximum Gasteiger partial charge on any atom is 0.347 e. The fraction of sp³-hybridized carbons (Fsp3) is 0.344. The van der Waals surface area contributed by atoms with Crippen LogP contribution in [-0.2, 0) is 20.1 Å². The van der Waals surface area contributed by atoms with Gasteiger partial charge in [0.2, 0.25) is 5.95 Å². The predicted octanol–water partition coefficient (Wildman–Crippen LogP) is 3.69. The van der Waals surface area contributed by atoms with Crippen molar-refractivity contribution in [3.8, 4) is 0 Å². The molecule has 0 spiro atoms. The van der Waals surface area contributed by atoms with Crippen LogP contribution in [-0.4, -0.2) is 69.6 Å². The van der Waals surface area contributed by atoms with E-state index in [1.807, 2.05) is 11.1 Å². The van der Waals surface area contributed by atoms with E-state index in [-0.39, 0.29) is 11.6 Å². The number of hydrogen-bond acceptors (Lipinski definition) is 6. The van der Waals surface area contributed by atoms with Gasteiger partial charge in [-0.15, -0.1) is 5.10 Å². The fourth-order valence-corrected chi connectivity index (χ4v) is 5.55. The van der Waals surface area contributed by atoms with E-state index in [1.54, 1.807) is 16.3 Å². The Morgan fingerprint density at radius 2 is 1.45 bits per heavy atom. The molecule has 1 atom stereocenters. The molecule has 0 unspecified atom stereocenters. The number of anilines is 1. The number of nitrogens with zero attached hydrogens (tertiary/aromatic N) is 7. The first-order valence-electron chi connectivity index (χ1n) is 14.0. The Kier molecular flexibility index (Phi) is 7.36. The summed E-state index contributed by atoms with van der Waals surface area (Å²) >= 11 is 0. The maximum absolute atomic E-state index is 13.2. The van der Waals surface area contributed by atoms with Crippen LogP contribution in [0.5, 0.6) is 0 Å². The van der Waals surface area contributed by atoms with Crippen LogP contribution in [0.25, 0.3) is 0 Å². The SMILES string of the molecule is Cc1ccc(C2=NN(c3nn(Cc4ccc(CN5CCN(C)CC5)cc4)c(=O)n3C)C[C@H]2c2ccccc2)cc1. The Morgan fingerprint density at radius 3 is 2.12 bits per heavy atom. The maximum atomic E-state index is 13.2. The minimum atomic E-state index is -0.147. The van der Waals surface area contributed by atoms with Crippen molar-refractivity contribution in [3.63, 3.8) is 0 Å². The van der Waals surface area contributed by atoms with Crippen molar-refractivity contribution in [2.45, 2.75) is 25.9 Å². The van der Waals surface area contributed by atoms with E-state index in [0.717, 1.165) is 49.6 Å². The molecule has 6 rings (SSSR count). The summed E-state index contributed by atoms with van der Waals surface area (Å²) in [7, 11) is 3.95. The van der Waals surface area contributed by atoms with Gasteiger partial charge in [-0.3, -0.25) is 9.47 Å². The molecule has 1 fully saturated rings. The third-order valence-corrected chi connectivity index (χ3v) is 8.07. The van der Waals surface area contributed by atoms with Crippen molar-refractivity contribution in [2.75, 3.05) is 44.8 Å². The second-order valence-corrected chi connectivity index (χ2v) is 11.1. The van der Waals surface area contributed by atoms with Gasteiger partial charge >= 0.3 is 5.69 Å². The highest BCUT2D eigenvalue weighted by Gasteiger charge is 2.32. The summed E-state index contributed by atoms with van der Waals surface area (Å²) in [6, 6.07) is 27.5. The lowest BCUT2D eigenvalue weighted by Gasteiger charge is -2.32. The molecule has 2 aliphatic heterocycles. The van der Waals surface area contributed by atoms with E-state index in [2.05, 4.69) is 96.6 Å². The lowest BCUT2D eigenvalue weighted by Crippen LogP contribution is -2.43. The Balaban J connectivity index is 1.22. The van der Waals surface area contributed by atoms with Crippen molar-refractivity contribution in [1.82, 2.24) is 24.1 Å². The third-order valence-electron chi connectivity index (χ3n) is 8.07. The minimum absolute atomic E-state index is 0.0806. The fourth-order valence-electron chi connectivity index (χ4n) is 5.55. The van der Waals surface area contributed by atoms with E-state index in [9.17, 15) is 4.79 Å². The number of aromatic nitrogens is 3. The van der Waals surface area contributed by atoms with Gasteiger partial charge in [-0.1, -0.05) is 84.4 Å². The molecule has 2 aliphatic rings. The normalized spacial score (nSPS) is 18.3. The number of piperazine rings is 1. The zero-order valence-electron chi connectivity index (χ0n) is 23.6. The van der Waals surface area contributed by atoms with E-state index in [4.69, 9.17) is 10.2 Å². The van der Waals surface area contributed by atoms with Crippen molar-refractivity contribution in [1.29, 1.82) is 0 Å². The molecule has 40 heavy (non-hydrogen) atoms. The zero-order chi connectivity index (χ0) is 27.6. The highest BCUT2D eigenvalue weighted by molar-refractivity contribution is 6.07. The molecular weight excluding hydrogens is 498 g/mol. The monoisotopic (exact) mass is 535 g/mol. The molecule has 0 amide bonds. The molecule has 8 heteroatoms. The smallest absolute Gasteiger partial charge is 0.304 e. The summed E-state index contributed by atoms with van der Waals surface area (Å²) in [5.41, 5.74) is 6.69. The molecule has 3 aromatic carbocycles. The molecule has 0 aliphatic carbocycles. The van der Waals surface area contributed by atoms with E-state index in [0.29, 0.717) is 19.0 Å². The van der Waals surface area contributed by atoms with Gasteiger partial charge in [0.05, 0.1) is 18.8 Å². The van der Waals surface area contributed by atoms with Gasteiger partial charge in [0.15, 0.2) is 0 Å². The van der Waals surface area contributed by atoms with Gasteiger partial charge in [0.25, 0.3) is 0 Å². The van der Waals surface area contributed by atoms with Crippen LogP contribution < -0.4 is 10.7 Å². The van der Waals surface area contributed by atoms with E-state index < -0.39 is 0 Å². The molecule has 206 valence electrons. The molecule has 0 bridgehead atoms. The van der Waals surface area contributed by atoms with Gasteiger partial charge < -0.3 is 4.90 Å². The summed E-state index contributed by atoms with van der Waals surface area (Å²) < 4.78 is 3.15. The number of hydrazone groups is 1. The summed E-state index contributed by atoms with van der Waals surface area (Å²) in [6.07, 6.45) is 0. The van der Waals surface area contributed by atoms with Crippen molar-refractivity contribution < 1.29 is 0 Å². The van der Waals surface area contributed by atoms with Gasteiger partial charge in [-0.2, -0.15) is 5.10 Å². The van der Waals surface area contributed by atoms with Crippen LogP contribution in [0.3, 0.4) is 0 Å². The number of rotatable bonds is 7. The second-order valence-electron chi connectivity index (χ2n) is 11.1. The Hall–Kier alpha value is -4.01. The van der Waals surface area contributed by atoms with Gasteiger partial charge in [-0.05, 0) is 36.2 Å². The predicted molar refractivity (Wildman–Crippen MR) is 160 cm³/mol. The van der Waals surface area contributed by atoms with Gasteiger partial charge in [0, 0.05) is 45.7 Å². The molecular formula is C32H37N7O. The first kappa shape index (κ1) is 26.2. The van der Waals surface area contributed by atoms with Crippen molar-refractivity contribution in [3.05, 3.63) is 117 Å². The Bertz CT molecular complexity index is 1530. The van der Waals surface area contributed by atoms with Crippen LogP contribution in [0.15, 0.2) is 88.8 Å². The Labute approximate surface area is 235 Å². The van der Waals surface area contributed by atoms with Crippen LogP contribution in [0.2, 0.25) is 0 Å². The van der Waals surface area contributed by atoms with Crippen LogP contribution in [0, 0.1) is 6.92 Å². The third kappa shape index (κ3) is 5.50. The molecule has 3 heterocycles. The highest BCUT2D eigenvalue weighted by atomic mass is 16.2. The first-order chi connectivity index (χ1) is 19.4. The summed E-state index contributed by atoms with van der Waals surface area (Å²) in [6.45, 7) is 8.52. The summed E-state index contributed by atoms with van der Waals surface area (Å²) in [4.78, 5) is 18.1. The van der Waals surface area contributed by atoms with E-state index >= 15 is 0 Å². The van der Waals surface area contributed by atoms with Crippen LogP contribution in [0.1, 0.15) is 33.7 Å². The molecule has 1 aromatic heterocycles. The first-order valence-corrected chi connectivity index (χ1v) is 14.0. The lowest BCUT2D eigenvalue weighted by molar-refractivity contribution is 0.148. The van der Waals surface area contributed by atoms with Crippen LogP contribution >= 0.6 is 0 Å². The Morgan fingerprint density at radius 1 is 0.800 bits per heavy atom. The summed E-state index contributed by atoms with van der Waals surface area (Å²) in [5.74, 6) is 0.636. The van der Waals surface area contributed by atoms with Crippen LogP contribution in [0.4, 0.5) is 5.95 Å². The molecule has 0 radical (unpaired) electrons. The molecule has 0 N–H and O–H groups in total. The summed E-state index contributed by atoms with van der Waals surface area (Å²) in [5, 5.41) is 11.6. The average Bonchev–Trinajstić information content (AvgIpc) is 3.53.